The molecule has 0 fully saturated rings. The smallest absolute Gasteiger partial charge is 0.383 e. The van der Waals surface area contributed by atoms with Gasteiger partial charge >= 0.3 is 6.18 Å². The number of unbranched alkanes of at least 4 members (excludes halogenated alkanes) is 1. The molecule has 0 saturated carbocycles. The monoisotopic (exact) mass is 396 g/mol. The summed E-state index contributed by atoms with van der Waals surface area (Å²) in [6, 6.07) is 9.06. The molecule has 154 valence electrons. The molecule has 1 aromatic heterocycles. The molecule has 1 amide bonds. The zero-order valence-electron chi connectivity index (χ0n) is 16.3. The highest BCUT2D eigenvalue weighted by Crippen LogP contribution is 2.29. The van der Waals surface area contributed by atoms with Gasteiger partial charge in [-0.2, -0.15) is 13.2 Å². The van der Waals surface area contributed by atoms with E-state index in [1.165, 1.54) is 12.1 Å². The Morgan fingerprint density at radius 2 is 2.00 bits per heavy atom. The molecule has 28 heavy (non-hydrogen) atoms. The first kappa shape index (κ1) is 22.0. The molecule has 0 saturated heterocycles. The predicted octanol–water partition coefficient (Wildman–Crippen LogP) is 4.72. The molecule has 0 N–H and O–H groups in total. The maximum Gasteiger partial charge on any atom is 0.416 e. The van der Waals surface area contributed by atoms with Crippen LogP contribution in [0, 0.1) is 0 Å². The molecule has 0 aliphatic rings. The highest BCUT2D eigenvalue weighted by molar-refractivity contribution is 5.76. The second-order valence-electron chi connectivity index (χ2n) is 6.74. The summed E-state index contributed by atoms with van der Waals surface area (Å²) >= 11 is 0. The Balaban J connectivity index is 2.14. The van der Waals surface area contributed by atoms with Crippen molar-refractivity contribution in [3.05, 3.63) is 59.4 Å². The lowest BCUT2D eigenvalue weighted by Gasteiger charge is -2.23. The molecule has 0 unspecified atom stereocenters. The zero-order chi connectivity index (χ0) is 20.6. The van der Waals surface area contributed by atoms with Crippen LogP contribution in [0.15, 0.2) is 42.6 Å². The number of halogens is 3. The number of hydrogen-bond acceptors (Lipinski definition) is 2. The van der Waals surface area contributed by atoms with Gasteiger partial charge in [0.25, 0.3) is 0 Å². The Kier molecular flexibility index (Phi) is 8.11. The Labute approximate surface area is 163 Å². The van der Waals surface area contributed by atoms with Gasteiger partial charge in [-0.3, -0.25) is 4.79 Å². The van der Waals surface area contributed by atoms with Crippen molar-refractivity contribution in [1.29, 1.82) is 0 Å². The van der Waals surface area contributed by atoms with Crippen LogP contribution in [0.5, 0.6) is 0 Å². The van der Waals surface area contributed by atoms with Crippen molar-refractivity contribution in [1.82, 2.24) is 9.47 Å². The van der Waals surface area contributed by atoms with Gasteiger partial charge in [-0.25, -0.2) is 0 Å². The summed E-state index contributed by atoms with van der Waals surface area (Å²) in [6.07, 6.45) is -0.295. The molecule has 0 bridgehead atoms. The predicted molar refractivity (Wildman–Crippen MR) is 102 cm³/mol. The fraction of sp³-hybridized carbons (Fsp3) is 0.476. The van der Waals surface area contributed by atoms with E-state index in [2.05, 4.69) is 0 Å². The zero-order valence-corrected chi connectivity index (χ0v) is 16.3. The highest BCUT2D eigenvalue weighted by atomic mass is 19.4. The maximum absolute atomic E-state index is 12.9. The van der Waals surface area contributed by atoms with Gasteiger partial charge in [-0.05, 0) is 36.2 Å². The van der Waals surface area contributed by atoms with Gasteiger partial charge in [0.05, 0.1) is 18.7 Å². The first-order valence-electron chi connectivity index (χ1n) is 9.42. The first-order valence-corrected chi connectivity index (χ1v) is 9.42. The highest BCUT2D eigenvalue weighted by Gasteiger charge is 2.30. The summed E-state index contributed by atoms with van der Waals surface area (Å²) in [4.78, 5) is 14.2. The number of nitrogens with zero attached hydrogens (tertiary/aromatic N) is 2. The van der Waals surface area contributed by atoms with E-state index in [0.717, 1.165) is 24.6 Å². The Bertz CT molecular complexity index is 756. The summed E-state index contributed by atoms with van der Waals surface area (Å²) in [5.41, 5.74) is 0.779. The Morgan fingerprint density at radius 1 is 1.21 bits per heavy atom. The van der Waals surface area contributed by atoms with Crippen LogP contribution in [0.1, 0.15) is 43.0 Å². The summed E-state index contributed by atoms with van der Waals surface area (Å²) in [6.45, 7) is 3.67. The van der Waals surface area contributed by atoms with Crippen LogP contribution < -0.4 is 0 Å². The van der Waals surface area contributed by atoms with Crippen molar-refractivity contribution in [2.45, 2.75) is 45.5 Å². The minimum Gasteiger partial charge on any atom is -0.383 e. The SMILES string of the molecule is CCCCC(=O)N(CCOC)Cc1cccn1Cc1cccc(C(F)(F)F)c1. The maximum atomic E-state index is 12.9. The quantitative estimate of drug-likeness (QED) is 0.582. The average Bonchev–Trinajstić information content (AvgIpc) is 3.09. The number of benzene rings is 1. The Morgan fingerprint density at radius 3 is 2.68 bits per heavy atom. The van der Waals surface area contributed by atoms with Crippen LogP contribution in [-0.4, -0.2) is 35.6 Å². The molecule has 0 aliphatic heterocycles. The van der Waals surface area contributed by atoms with E-state index in [9.17, 15) is 18.0 Å². The first-order chi connectivity index (χ1) is 13.3. The van der Waals surface area contributed by atoms with Gasteiger partial charge in [-0.1, -0.05) is 25.5 Å². The van der Waals surface area contributed by atoms with E-state index in [1.807, 2.05) is 29.8 Å². The van der Waals surface area contributed by atoms with Crippen LogP contribution in [0.2, 0.25) is 0 Å². The van der Waals surface area contributed by atoms with Crippen molar-refractivity contribution in [3.63, 3.8) is 0 Å². The van der Waals surface area contributed by atoms with Crippen LogP contribution >= 0.6 is 0 Å². The molecule has 2 rings (SSSR count). The molecule has 2 aromatic rings. The van der Waals surface area contributed by atoms with E-state index in [0.29, 0.717) is 38.2 Å². The number of amides is 1. The minimum atomic E-state index is -4.36. The lowest BCUT2D eigenvalue weighted by atomic mass is 10.1. The van der Waals surface area contributed by atoms with E-state index >= 15 is 0 Å². The van der Waals surface area contributed by atoms with Crippen molar-refractivity contribution in [2.24, 2.45) is 0 Å². The lowest BCUT2D eigenvalue weighted by molar-refractivity contribution is -0.137. The van der Waals surface area contributed by atoms with Gasteiger partial charge in [0.15, 0.2) is 0 Å². The van der Waals surface area contributed by atoms with Crippen molar-refractivity contribution in [3.8, 4) is 0 Å². The van der Waals surface area contributed by atoms with Crippen molar-refractivity contribution < 1.29 is 22.7 Å². The summed E-state index contributed by atoms with van der Waals surface area (Å²) in [5.74, 6) is 0.0609. The fourth-order valence-electron chi connectivity index (χ4n) is 2.97. The number of aromatic nitrogens is 1. The molecule has 7 heteroatoms. The van der Waals surface area contributed by atoms with Crippen LogP contribution in [-0.2, 0) is 28.8 Å². The summed E-state index contributed by atoms with van der Waals surface area (Å²) in [5, 5.41) is 0. The number of carbonyl (C=O) groups excluding carboxylic acids is 1. The third-order valence-corrected chi connectivity index (χ3v) is 4.55. The lowest BCUT2D eigenvalue weighted by Crippen LogP contribution is -2.34. The average molecular weight is 396 g/mol. The number of alkyl halides is 3. The fourth-order valence-corrected chi connectivity index (χ4v) is 2.97. The summed E-state index contributed by atoms with van der Waals surface area (Å²) < 4.78 is 45.8. The van der Waals surface area contributed by atoms with E-state index in [-0.39, 0.29) is 5.91 Å². The number of rotatable bonds is 10. The molecule has 1 heterocycles. The number of ether oxygens (including phenoxy) is 1. The minimum absolute atomic E-state index is 0.0609. The second kappa shape index (κ2) is 10.3. The number of hydrogen-bond donors (Lipinski definition) is 0. The summed E-state index contributed by atoms with van der Waals surface area (Å²) in [7, 11) is 1.59. The normalized spacial score (nSPS) is 11.6. The largest absolute Gasteiger partial charge is 0.416 e. The van der Waals surface area contributed by atoms with Gasteiger partial charge in [0.1, 0.15) is 0 Å². The second-order valence-corrected chi connectivity index (χ2v) is 6.74. The Hall–Kier alpha value is -2.28. The van der Waals surface area contributed by atoms with Gasteiger partial charge in [0, 0.05) is 38.5 Å². The molecular weight excluding hydrogens is 369 g/mol. The number of methoxy groups -OCH3 is 1. The third-order valence-electron chi connectivity index (χ3n) is 4.55. The van der Waals surface area contributed by atoms with E-state index in [4.69, 9.17) is 4.74 Å². The van der Waals surface area contributed by atoms with Crippen LogP contribution in [0.3, 0.4) is 0 Å². The standard InChI is InChI=1S/C21H27F3N2O2/c1-3-4-10-20(27)26(12-13-28-2)16-19-9-6-11-25(19)15-17-7-5-8-18(14-17)21(22,23)24/h5-9,11,14H,3-4,10,12-13,15-16H2,1-2H3. The molecular formula is C21H27F3N2O2. The van der Waals surface area contributed by atoms with E-state index in [1.54, 1.807) is 18.1 Å². The third kappa shape index (κ3) is 6.41. The topological polar surface area (TPSA) is 34.5 Å². The molecule has 4 nitrogen and oxygen atoms in total. The molecule has 0 aliphatic carbocycles. The van der Waals surface area contributed by atoms with Crippen LogP contribution in [0.4, 0.5) is 13.2 Å². The van der Waals surface area contributed by atoms with Gasteiger partial charge < -0.3 is 14.2 Å². The molecule has 0 spiro atoms. The molecule has 1 aromatic carbocycles. The van der Waals surface area contributed by atoms with Gasteiger partial charge in [0.2, 0.25) is 5.91 Å². The number of carbonyl (C=O) groups is 1. The van der Waals surface area contributed by atoms with Crippen molar-refractivity contribution in [2.75, 3.05) is 20.3 Å². The van der Waals surface area contributed by atoms with Crippen molar-refractivity contribution >= 4 is 5.91 Å². The van der Waals surface area contributed by atoms with Crippen LogP contribution in [0.25, 0.3) is 0 Å². The molecule has 0 atom stereocenters. The molecule has 0 radical (unpaired) electrons. The van der Waals surface area contributed by atoms with E-state index < -0.39 is 11.7 Å². The van der Waals surface area contributed by atoms with Gasteiger partial charge in [-0.15, -0.1) is 0 Å².